The molecule has 0 radical (unpaired) electrons. The van der Waals surface area contributed by atoms with Gasteiger partial charge in [-0.15, -0.1) is 0 Å². The van der Waals surface area contributed by atoms with Crippen LogP contribution in [0.3, 0.4) is 0 Å². The molecule has 2 N–H and O–H groups in total. The molecule has 28 heavy (non-hydrogen) atoms. The molecule has 0 spiro atoms. The highest BCUT2D eigenvalue weighted by Gasteiger charge is 2.16. The third kappa shape index (κ3) is 6.35. The number of halogens is 2. The van der Waals surface area contributed by atoms with Crippen molar-refractivity contribution in [2.75, 3.05) is 18.5 Å². The fourth-order valence-corrected chi connectivity index (χ4v) is 2.79. The Morgan fingerprint density at radius 1 is 1.11 bits per heavy atom. The van der Waals surface area contributed by atoms with Crippen molar-refractivity contribution in [2.45, 2.75) is 13.8 Å². The molecule has 0 bridgehead atoms. The molecule has 0 atom stereocenters. The molecule has 0 saturated carbocycles. The maximum atomic E-state index is 12.3. The smallest absolute Gasteiger partial charge is 0.340 e. The zero-order valence-corrected chi connectivity index (χ0v) is 17.8. The number of benzene rings is 2. The first-order chi connectivity index (χ1) is 13.3. The van der Waals surface area contributed by atoms with Crippen LogP contribution < -0.4 is 10.6 Å². The van der Waals surface area contributed by atoms with Gasteiger partial charge in [0.1, 0.15) is 0 Å². The van der Waals surface area contributed by atoms with Gasteiger partial charge in [0.25, 0.3) is 11.8 Å². The first kappa shape index (κ1) is 21.9. The van der Waals surface area contributed by atoms with E-state index in [4.69, 9.17) is 16.3 Å². The largest absolute Gasteiger partial charge is 0.452 e. The van der Waals surface area contributed by atoms with Crippen LogP contribution in [0, 0.1) is 5.92 Å². The van der Waals surface area contributed by atoms with Gasteiger partial charge in [0, 0.05) is 11.0 Å². The lowest BCUT2D eigenvalue weighted by molar-refractivity contribution is -0.119. The number of carbonyl (C=O) groups is 3. The molecule has 2 aromatic rings. The summed E-state index contributed by atoms with van der Waals surface area (Å²) < 4.78 is 5.68. The number of ether oxygens (including phenoxy) is 1. The second-order valence-corrected chi connectivity index (χ2v) is 7.72. The quantitative estimate of drug-likeness (QED) is 0.595. The molecule has 2 rings (SSSR count). The summed E-state index contributed by atoms with van der Waals surface area (Å²) >= 11 is 9.23. The van der Waals surface area contributed by atoms with Crippen LogP contribution in [0.5, 0.6) is 0 Å². The Morgan fingerprint density at radius 3 is 2.54 bits per heavy atom. The van der Waals surface area contributed by atoms with Crippen LogP contribution in [0.25, 0.3) is 0 Å². The molecule has 2 amide bonds. The van der Waals surface area contributed by atoms with Crippen molar-refractivity contribution in [3.8, 4) is 0 Å². The number of rotatable bonds is 7. The lowest BCUT2D eigenvalue weighted by Gasteiger charge is -2.13. The first-order valence-corrected chi connectivity index (χ1v) is 9.74. The van der Waals surface area contributed by atoms with Crippen LogP contribution in [0.2, 0.25) is 5.02 Å². The SMILES string of the molecule is CC(C)CNC(=O)c1ccccc1NC(=O)COC(=O)c1cc(Br)ccc1Cl. The van der Waals surface area contributed by atoms with Crippen LogP contribution in [0.4, 0.5) is 5.69 Å². The Morgan fingerprint density at radius 2 is 1.82 bits per heavy atom. The molecule has 0 heterocycles. The molecular formula is C20H20BrClN2O4. The average Bonchev–Trinajstić information content (AvgIpc) is 2.66. The lowest BCUT2D eigenvalue weighted by Crippen LogP contribution is -2.29. The minimum Gasteiger partial charge on any atom is -0.452 e. The highest BCUT2D eigenvalue weighted by molar-refractivity contribution is 9.10. The highest BCUT2D eigenvalue weighted by atomic mass is 79.9. The van der Waals surface area contributed by atoms with Gasteiger partial charge >= 0.3 is 5.97 Å². The lowest BCUT2D eigenvalue weighted by atomic mass is 10.1. The molecular weight excluding hydrogens is 448 g/mol. The Balaban J connectivity index is 1.99. The summed E-state index contributed by atoms with van der Waals surface area (Å²) in [4.78, 5) is 36.6. The number of anilines is 1. The summed E-state index contributed by atoms with van der Waals surface area (Å²) in [6, 6.07) is 11.4. The molecule has 0 saturated heterocycles. The molecule has 0 aromatic heterocycles. The number of amides is 2. The van der Waals surface area contributed by atoms with Crippen LogP contribution >= 0.6 is 27.5 Å². The highest BCUT2D eigenvalue weighted by Crippen LogP contribution is 2.22. The van der Waals surface area contributed by atoms with E-state index in [1.807, 2.05) is 13.8 Å². The van der Waals surface area contributed by atoms with E-state index in [-0.39, 0.29) is 16.5 Å². The minimum atomic E-state index is -0.718. The van der Waals surface area contributed by atoms with Gasteiger partial charge in [-0.3, -0.25) is 9.59 Å². The summed E-state index contributed by atoms with van der Waals surface area (Å²) in [6.07, 6.45) is 0. The topological polar surface area (TPSA) is 84.5 Å². The van der Waals surface area contributed by atoms with Gasteiger partial charge in [-0.2, -0.15) is 0 Å². The van der Waals surface area contributed by atoms with Gasteiger partial charge in [0.2, 0.25) is 0 Å². The van der Waals surface area contributed by atoms with Crippen LogP contribution in [-0.2, 0) is 9.53 Å². The van der Waals surface area contributed by atoms with Crippen molar-refractivity contribution in [1.82, 2.24) is 5.32 Å². The Labute approximate surface area is 176 Å². The summed E-state index contributed by atoms with van der Waals surface area (Å²) in [6.45, 7) is 3.98. The summed E-state index contributed by atoms with van der Waals surface area (Å²) in [7, 11) is 0. The third-order valence-electron chi connectivity index (χ3n) is 3.60. The van der Waals surface area contributed by atoms with Gasteiger partial charge in [0.15, 0.2) is 6.61 Å². The fourth-order valence-electron chi connectivity index (χ4n) is 2.23. The normalized spacial score (nSPS) is 10.5. The minimum absolute atomic E-state index is 0.150. The van der Waals surface area contributed by atoms with Crippen LogP contribution in [0.15, 0.2) is 46.9 Å². The van der Waals surface area contributed by atoms with Gasteiger partial charge in [0.05, 0.1) is 21.8 Å². The molecule has 8 heteroatoms. The van der Waals surface area contributed by atoms with Crippen LogP contribution in [-0.4, -0.2) is 30.9 Å². The van der Waals surface area contributed by atoms with Gasteiger partial charge in [-0.05, 0) is 36.2 Å². The second kappa shape index (κ2) is 10.2. The summed E-state index contributed by atoms with van der Waals surface area (Å²) in [5, 5.41) is 5.62. The van der Waals surface area contributed by atoms with E-state index >= 15 is 0 Å². The van der Waals surface area contributed by atoms with E-state index in [1.54, 1.807) is 36.4 Å². The number of hydrogen-bond donors (Lipinski definition) is 2. The fraction of sp³-hybridized carbons (Fsp3) is 0.250. The Bertz CT molecular complexity index is 886. The Kier molecular flexibility index (Phi) is 8.02. The molecule has 0 unspecified atom stereocenters. The monoisotopic (exact) mass is 466 g/mol. The van der Waals surface area contributed by atoms with Gasteiger partial charge < -0.3 is 15.4 Å². The van der Waals surface area contributed by atoms with Gasteiger partial charge in [-0.1, -0.05) is 53.5 Å². The zero-order chi connectivity index (χ0) is 20.7. The molecule has 0 aliphatic carbocycles. The van der Waals surface area contributed by atoms with E-state index in [9.17, 15) is 14.4 Å². The van der Waals surface area contributed by atoms with E-state index in [2.05, 4.69) is 26.6 Å². The number of nitrogens with one attached hydrogen (secondary N) is 2. The second-order valence-electron chi connectivity index (χ2n) is 6.40. The predicted molar refractivity (Wildman–Crippen MR) is 112 cm³/mol. The van der Waals surface area contributed by atoms with E-state index in [0.29, 0.717) is 28.2 Å². The Hall–Kier alpha value is -2.38. The number of para-hydroxylation sites is 1. The van der Waals surface area contributed by atoms with Crippen molar-refractivity contribution in [2.24, 2.45) is 5.92 Å². The number of carbonyl (C=O) groups excluding carboxylic acids is 3. The number of esters is 1. The molecule has 6 nitrogen and oxygen atoms in total. The summed E-state index contributed by atoms with van der Waals surface area (Å²) in [5.41, 5.74) is 0.820. The maximum absolute atomic E-state index is 12.3. The van der Waals surface area contributed by atoms with E-state index in [1.165, 1.54) is 6.07 Å². The molecule has 148 valence electrons. The van der Waals surface area contributed by atoms with Crippen LogP contribution in [0.1, 0.15) is 34.6 Å². The van der Waals surface area contributed by atoms with E-state index in [0.717, 1.165) is 0 Å². The van der Waals surface area contributed by atoms with E-state index < -0.39 is 18.5 Å². The van der Waals surface area contributed by atoms with Gasteiger partial charge in [-0.25, -0.2) is 4.79 Å². The average molecular weight is 468 g/mol. The third-order valence-corrected chi connectivity index (χ3v) is 4.42. The summed E-state index contributed by atoms with van der Waals surface area (Å²) in [5.74, 6) is -1.27. The van der Waals surface area contributed by atoms with Crippen molar-refractivity contribution < 1.29 is 19.1 Å². The van der Waals surface area contributed by atoms with Crippen molar-refractivity contribution >= 4 is 51.0 Å². The molecule has 0 aliphatic heterocycles. The molecule has 0 aliphatic rings. The number of hydrogen-bond acceptors (Lipinski definition) is 4. The maximum Gasteiger partial charge on any atom is 0.340 e. The van der Waals surface area contributed by atoms with Crippen molar-refractivity contribution in [3.63, 3.8) is 0 Å². The van der Waals surface area contributed by atoms with Crippen molar-refractivity contribution in [3.05, 3.63) is 63.1 Å². The zero-order valence-electron chi connectivity index (χ0n) is 15.4. The first-order valence-electron chi connectivity index (χ1n) is 8.57. The predicted octanol–water partition coefficient (Wildman–Crippen LogP) is 4.28. The van der Waals surface area contributed by atoms with Crippen molar-refractivity contribution in [1.29, 1.82) is 0 Å². The molecule has 2 aromatic carbocycles. The molecule has 0 fully saturated rings. The standard InChI is InChI=1S/C20H20BrClN2O4/c1-12(2)10-23-19(26)14-5-3-4-6-17(14)24-18(25)11-28-20(27)15-9-13(21)7-8-16(15)22/h3-9,12H,10-11H2,1-2H3,(H,23,26)(H,24,25).